The molecule has 2 heterocycles. The van der Waals surface area contributed by atoms with Gasteiger partial charge in [-0.25, -0.2) is 4.39 Å². The Balaban J connectivity index is 1.78. The van der Waals surface area contributed by atoms with Crippen molar-refractivity contribution in [2.24, 2.45) is 0 Å². The first-order valence-electron chi connectivity index (χ1n) is 9.58. The van der Waals surface area contributed by atoms with E-state index >= 15 is 4.39 Å². The van der Waals surface area contributed by atoms with Crippen LogP contribution < -0.4 is 5.32 Å². The van der Waals surface area contributed by atoms with Gasteiger partial charge in [0.05, 0.1) is 11.1 Å². The summed E-state index contributed by atoms with van der Waals surface area (Å²) >= 11 is 1.64. The molecule has 2 aliphatic rings. The summed E-state index contributed by atoms with van der Waals surface area (Å²) in [7, 11) is 0. The average Bonchev–Trinajstić information content (AvgIpc) is 3.20. The predicted octanol–water partition coefficient (Wildman–Crippen LogP) is 6.08. The smallest absolute Gasteiger partial charge is 0.133 e. The second kappa shape index (κ2) is 5.33. The highest BCUT2D eigenvalue weighted by Crippen LogP contribution is 2.59. The lowest BCUT2D eigenvalue weighted by Crippen LogP contribution is -2.65. The maximum absolute atomic E-state index is 15.2. The standard InChI is InChI=1S/C23H24FNOS/c1-21(2)23(26)10-5-9-22(23,3)17-12-16(18(24)13-19(17)25-21)15-7-4-6-14-8-11-27-20(14)15/h4,6-8,11-13,25-26H,5,9-10H2,1-3H3. The van der Waals surface area contributed by atoms with E-state index in [1.165, 1.54) is 0 Å². The highest BCUT2D eigenvalue weighted by molar-refractivity contribution is 7.17. The van der Waals surface area contributed by atoms with Gasteiger partial charge in [-0.15, -0.1) is 11.3 Å². The van der Waals surface area contributed by atoms with Crippen molar-refractivity contribution in [2.45, 2.75) is 56.6 Å². The van der Waals surface area contributed by atoms with Crippen LogP contribution >= 0.6 is 11.3 Å². The summed E-state index contributed by atoms with van der Waals surface area (Å²) < 4.78 is 16.3. The van der Waals surface area contributed by atoms with Crippen molar-refractivity contribution in [3.63, 3.8) is 0 Å². The van der Waals surface area contributed by atoms with E-state index in [0.717, 1.165) is 46.2 Å². The van der Waals surface area contributed by atoms with Crippen LogP contribution in [0.2, 0.25) is 0 Å². The van der Waals surface area contributed by atoms with Crippen LogP contribution in [0.15, 0.2) is 41.8 Å². The minimum Gasteiger partial charge on any atom is -0.387 e. The summed E-state index contributed by atoms with van der Waals surface area (Å²) in [5, 5.41) is 18.3. The van der Waals surface area contributed by atoms with Crippen LogP contribution in [-0.2, 0) is 5.41 Å². The predicted molar refractivity (Wildman–Crippen MR) is 111 cm³/mol. The summed E-state index contributed by atoms with van der Waals surface area (Å²) in [5.41, 5.74) is 1.66. The van der Waals surface area contributed by atoms with Crippen molar-refractivity contribution >= 4 is 27.1 Å². The van der Waals surface area contributed by atoms with Crippen LogP contribution in [0.3, 0.4) is 0 Å². The zero-order chi connectivity index (χ0) is 19.0. The molecule has 0 radical (unpaired) electrons. The van der Waals surface area contributed by atoms with Crippen molar-refractivity contribution in [3.05, 3.63) is 53.2 Å². The van der Waals surface area contributed by atoms with Crippen LogP contribution in [-0.4, -0.2) is 16.2 Å². The molecule has 1 aliphatic heterocycles. The fraction of sp³-hybridized carbons (Fsp3) is 0.391. The second-order valence-corrected chi connectivity index (χ2v) is 9.73. The molecule has 1 saturated carbocycles. The number of benzene rings is 2. The topological polar surface area (TPSA) is 32.3 Å². The van der Waals surface area contributed by atoms with Gasteiger partial charge in [-0.05, 0) is 67.6 Å². The maximum Gasteiger partial charge on any atom is 0.133 e. The molecule has 27 heavy (non-hydrogen) atoms. The zero-order valence-electron chi connectivity index (χ0n) is 15.9. The molecule has 5 rings (SSSR count). The Bertz CT molecular complexity index is 1070. The molecule has 0 spiro atoms. The Labute approximate surface area is 163 Å². The van der Waals surface area contributed by atoms with Crippen molar-refractivity contribution in [1.29, 1.82) is 0 Å². The van der Waals surface area contributed by atoms with E-state index in [1.807, 2.05) is 37.4 Å². The number of halogens is 1. The Morgan fingerprint density at radius 3 is 2.70 bits per heavy atom. The molecule has 2 atom stereocenters. The Morgan fingerprint density at radius 2 is 1.89 bits per heavy atom. The largest absolute Gasteiger partial charge is 0.387 e. The van der Waals surface area contributed by atoms with Crippen molar-refractivity contribution < 1.29 is 9.50 Å². The molecular formula is C23H24FNOS. The minimum atomic E-state index is -0.850. The normalized spacial score (nSPS) is 28.6. The van der Waals surface area contributed by atoms with E-state index in [-0.39, 0.29) is 11.2 Å². The van der Waals surface area contributed by atoms with Crippen molar-refractivity contribution in [2.75, 3.05) is 5.32 Å². The van der Waals surface area contributed by atoms with Gasteiger partial charge in [0, 0.05) is 26.9 Å². The molecule has 140 valence electrons. The summed E-state index contributed by atoms with van der Waals surface area (Å²) in [5.74, 6) is -0.218. The van der Waals surface area contributed by atoms with Gasteiger partial charge in [-0.1, -0.05) is 25.1 Å². The molecule has 0 saturated heterocycles. The van der Waals surface area contributed by atoms with E-state index in [1.54, 1.807) is 17.4 Å². The molecule has 1 aliphatic carbocycles. The summed E-state index contributed by atoms with van der Waals surface area (Å²) in [6.45, 7) is 6.20. The Hall–Kier alpha value is -1.91. The van der Waals surface area contributed by atoms with Crippen LogP contribution in [0.5, 0.6) is 0 Å². The van der Waals surface area contributed by atoms with E-state index < -0.39 is 11.1 Å². The van der Waals surface area contributed by atoms with E-state index in [9.17, 15) is 5.11 Å². The fourth-order valence-electron chi connectivity index (χ4n) is 5.52. The summed E-state index contributed by atoms with van der Waals surface area (Å²) in [6.07, 6.45) is 2.65. The number of rotatable bonds is 1. The number of fused-ring (bicyclic) bond motifs is 4. The van der Waals surface area contributed by atoms with Gasteiger partial charge in [0.1, 0.15) is 5.82 Å². The lowest BCUT2D eigenvalue weighted by molar-refractivity contribution is -0.0628. The first-order valence-corrected chi connectivity index (χ1v) is 10.5. The van der Waals surface area contributed by atoms with Gasteiger partial charge in [0.2, 0.25) is 0 Å². The third-order valence-corrected chi connectivity index (χ3v) is 8.04. The van der Waals surface area contributed by atoms with Gasteiger partial charge >= 0.3 is 0 Å². The molecular weight excluding hydrogens is 357 g/mol. The number of thiophene rings is 1. The first kappa shape index (κ1) is 17.2. The molecule has 0 amide bonds. The van der Waals surface area contributed by atoms with Crippen LogP contribution in [0.4, 0.5) is 10.1 Å². The molecule has 0 bridgehead atoms. The quantitative estimate of drug-likeness (QED) is 0.535. The van der Waals surface area contributed by atoms with Gasteiger partial charge in [0.15, 0.2) is 0 Å². The van der Waals surface area contributed by atoms with Gasteiger partial charge < -0.3 is 10.4 Å². The molecule has 2 N–H and O–H groups in total. The molecule has 2 nitrogen and oxygen atoms in total. The molecule has 4 heteroatoms. The highest BCUT2D eigenvalue weighted by Gasteiger charge is 2.62. The number of aliphatic hydroxyl groups is 1. The second-order valence-electron chi connectivity index (χ2n) is 8.82. The maximum atomic E-state index is 15.2. The summed E-state index contributed by atoms with van der Waals surface area (Å²) in [4.78, 5) is 0. The van der Waals surface area contributed by atoms with Crippen LogP contribution in [0, 0.1) is 5.82 Å². The van der Waals surface area contributed by atoms with Crippen LogP contribution in [0.1, 0.15) is 45.6 Å². The third kappa shape index (κ3) is 2.08. The van der Waals surface area contributed by atoms with Crippen molar-refractivity contribution in [1.82, 2.24) is 0 Å². The first-order chi connectivity index (χ1) is 12.8. The van der Waals surface area contributed by atoms with E-state index in [0.29, 0.717) is 5.56 Å². The third-order valence-electron chi connectivity index (χ3n) is 7.08. The van der Waals surface area contributed by atoms with Crippen molar-refractivity contribution in [3.8, 4) is 11.1 Å². The number of hydrogen-bond donors (Lipinski definition) is 2. The van der Waals surface area contributed by atoms with Crippen LogP contribution in [0.25, 0.3) is 21.2 Å². The highest BCUT2D eigenvalue weighted by atomic mass is 32.1. The lowest BCUT2D eigenvalue weighted by atomic mass is 9.60. The monoisotopic (exact) mass is 381 g/mol. The Kier molecular flexibility index (Phi) is 3.40. The molecule has 1 fully saturated rings. The fourth-order valence-corrected chi connectivity index (χ4v) is 6.45. The van der Waals surface area contributed by atoms with Gasteiger partial charge in [-0.3, -0.25) is 0 Å². The Morgan fingerprint density at radius 1 is 1.07 bits per heavy atom. The number of anilines is 1. The lowest BCUT2D eigenvalue weighted by Gasteiger charge is -2.55. The van der Waals surface area contributed by atoms with Gasteiger partial charge in [0.25, 0.3) is 0 Å². The van der Waals surface area contributed by atoms with E-state index in [2.05, 4.69) is 24.4 Å². The molecule has 1 aromatic heterocycles. The van der Waals surface area contributed by atoms with E-state index in [4.69, 9.17) is 0 Å². The molecule has 3 aromatic rings. The molecule has 2 aromatic carbocycles. The van der Waals surface area contributed by atoms with Gasteiger partial charge in [-0.2, -0.15) is 0 Å². The number of nitrogens with one attached hydrogen (secondary N) is 1. The minimum absolute atomic E-state index is 0.218. The molecule has 2 unspecified atom stereocenters. The number of hydrogen-bond acceptors (Lipinski definition) is 3. The SMILES string of the molecule is CC1(C)Nc2cc(F)c(-c3cccc4ccsc34)cc2C2(C)CCCC12O. The average molecular weight is 382 g/mol. The summed E-state index contributed by atoms with van der Waals surface area (Å²) in [6, 6.07) is 11.7. The zero-order valence-corrected chi connectivity index (χ0v) is 16.7.